The number of nitrogens with zero attached hydrogens (tertiary/aromatic N) is 3. The van der Waals surface area contributed by atoms with E-state index in [0.29, 0.717) is 5.02 Å². The van der Waals surface area contributed by atoms with E-state index in [1.54, 1.807) is 0 Å². The molecule has 3 rings (SSSR count). The number of benzene rings is 1. The summed E-state index contributed by atoms with van der Waals surface area (Å²) in [7, 11) is 0. The summed E-state index contributed by atoms with van der Waals surface area (Å²) in [6.07, 6.45) is 3.08. The van der Waals surface area contributed by atoms with Crippen molar-refractivity contribution in [1.29, 1.82) is 0 Å². The Morgan fingerprint density at radius 2 is 1.96 bits per heavy atom. The number of hydrogen-bond acceptors (Lipinski definition) is 4. The molecule has 23 heavy (non-hydrogen) atoms. The molecule has 0 amide bonds. The molecule has 0 unspecified atom stereocenters. The van der Waals surface area contributed by atoms with Gasteiger partial charge in [-0.25, -0.2) is 9.97 Å². The zero-order chi connectivity index (χ0) is 16.2. The zero-order valence-corrected chi connectivity index (χ0v) is 14.4. The van der Waals surface area contributed by atoms with Crippen molar-refractivity contribution >= 4 is 17.4 Å². The first kappa shape index (κ1) is 16.1. The molecule has 0 spiro atoms. The van der Waals surface area contributed by atoms with E-state index in [1.807, 2.05) is 31.2 Å². The van der Waals surface area contributed by atoms with Gasteiger partial charge in [0.2, 0.25) is 0 Å². The number of ether oxygens (including phenoxy) is 1. The van der Waals surface area contributed by atoms with Gasteiger partial charge in [-0.3, -0.25) is 0 Å². The molecule has 1 fully saturated rings. The topological polar surface area (TPSA) is 38.2 Å². The highest BCUT2D eigenvalue weighted by atomic mass is 35.5. The van der Waals surface area contributed by atoms with Gasteiger partial charge in [0.25, 0.3) is 0 Å². The molecule has 0 radical (unpaired) electrons. The van der Waals surface area contributed by atoms with Crippen molar-refractivity contribution in [3.8, 4) is 5.75 Å². The number of anilines is 1. The van der Waals surface area contributed by atoms with E-state index < -0.39 is 0 Å². The van der Waals surface area contributed by atoms with Gasteiger partial charge in [0.1, 0.15) is 23.5 Å². The molecule has 5 heteroatoms. The van der Waals surface area contributed by atoms with Crippen LogP contribution in [-0.4, -0.2) is 29.2 Å². The third kappa shape index (κ3) is 3.94. The Labute approximate surface area is 142 Å². The highest BCUT2D eigenvalue weighted by molar-refractivity contribution is 6.32. The SMILES string of the molecule is CCc1cc(N2CCC(Oc3ccccc3Cl)CC2)nc(C)n1. The maximum Gasteiger partial charge on any atom is 0.138 e. The lowest BCUT2D eigenvalue weighted by Gasteiger charge is -2.33. The maximum atomic E-state index is 6.17. The van der Waals surface area contributed by atoms with Crippen LogP contribution < -0.4 is 9.64 Å². The molecule has 1 aliphatic heterocycles. The van der Waals surface area contributed by atoms with Crippen LogP contribution in [0, 0.1) is 6.92 Å². The van der Waals surface area contributed by atoms with Crippen LogP contribution in [0.25, 0.3) is 0 Å². The first-order valence-corrected chi connectivity index (χ1v) is 8.54. The van der Waals surface area contributed by atoms with Gasteiger partial charge in [-0.2, -0.15) is 0 Å². The van der Waals surface area contributed by atoms with E-state index in [4.69, 9.17) is 16.3 Å². The van der Waals surface area contributed by atoms with Crippen molar-refractivity contribution in [3.63, 3.8) is 0 Å². The number of piperidine rings is 1. The standard InChI is InChI=1S/C18H22ClN3O/c1-3-14-12-18(21-13(2)20-14)22-10-8-15(9-11-22)23-17-7-5-4-6-16(17)19/h4-7,12,15H,3,8-11H2,1-2H3. The molecule has 1 aromatic carbocycles. The summed E-state index contributed by atoms with van der Waals surface area (Å²) < 4.78 is 6.05. The van der Waals surface area contributed by atoms with Crippen LogP contribution in [0.4, 0.5) is 5.82 Å². The van der Waals surface area contributed by atoms with Gasteiger partial charge in [0.15, 0.2) is 0 Å². The summed E-state index contributed by atoms with van der Waals surface area (Å²) in [6.45, 7) is 5.95. The van der Waals surface area contributed by atoms with Crippen LogP contribution in [0.5, 0.6) is 5.75 Å². The summed E-state index contributed by atoms with van der Waals surface area (Å²) in [6, 6.07) is 9.76. The fraction of sp³-hybridized carbons (Fsp3) is 0.444. The number of aryl methyl sites for hydroxylation is 2. The van der Waals surface area contributed by atoms with E-state index in [0.717, 1.165) is 55.4 Å². The Bertz CT molecular complexity index is 669. The van der Waals surface area contributed by atoms with Crippen LogP contribution in [0.2, 0.25) is 5.02 Å². The number of rotatable bonds is 4. The highest BCUT2D eigenvalue weighted by Gasteiger charge is 2.22. The van der Waals surface area contributed by atoms with E-state index in [9.17, 15) is 0 Å². The Hall–Kier alpha value is -1.81. The number of hydrogen-bond donors (Lipinski definition) is 0. The number of halogens is 1. The lowest BCUT2D eigenvalue weighted by atomic mass is 10.1. The van der Waals surface area contributed by atoms with Crippen LogP contribution in [0.3, 0.4) is 0 Å². The summed E-state index contributed by atoms with van der Waals surface area (Å²) in [5.41, 5.74) is 1.10. The van der Waals surface area contributed by atoms with Gasteiger partial charge < -0.3 is 9.64 Å². The molecule has 1 aliphatic rings. The summed E-state index contributed by atoms with van der Waals surface area (Å²) >= 11 is 6.17. The van der Waals surface area contributed by atoms with Crippen molar-refractivity contribution in [2.75, 3.05) is 18.0 Å². The first-order chi connectivity index (χ1) is 11.2. The fourth-order valence-corrected chi connectivity index (χ4v) is 3.06. The zero-order valence-electron chi connectivity index (χ0n) is 13.6. The Morgan fingerprint density at radius 3 is 2.65 bits per heavy atom. The Balaban J connectivity index is 1.62. The van der Waals surface area contributed by atoms with Crippen molar-refractivity contribution in [1.82, 2.24) is 9.97 Å². The molecule has 1 saturated heterocycles. The smallest absolute Gasteiger partial charge is 0.138 e. The van der Waals surface area contributed by atoms with Gasteiger partial charge >= 0.3 is 0 Å². The van der Waals surface area contributed by atoms with Crippen molar-refractivity contribution < 1.29 is 4.74 Å². The quantitative estimate of drug-likeness (QED) is 0.847. The van der Waals surface area contributed by atoms with E-state index in [1.165, 1.54) is 0 Å². The van der Waals surface area contributed by atoms with Gasteiger partial charge in [-0.1, -0.05) is 30.7 Å². The second-order valence-corrected chi connectivity index (χ2v) is 6.26. The summed E-state index contributed by atoms with van der Waals surface area (Å²) in [5.74, 6) is 2.65. The molecule has 122 valence electrons. The molecule has 0 atom stereocenters. The lowest BCUT2D eigenvalue weighted by Crippen LogP contribution is -2.38. The molecule has 4 nitrogen and oxygen atoms in total. The van der Waals surface area contributed by atoms with Crippen LogP contribution in [0.1, 0.15) is 31.3 Å². The number of aromatic nitrogens is 2. The minimum Gasteiger partial charge on any atom is -0.489 e. The third-order valence-corrected chi connectivity index (χ3v) is 4.45. The van der Waals surface area contributed by atoms with Gasteiger partial charge in [-0.05, 0) is 25.5 Å². The van der Waals surface area contributed by atoms with Crippen LogP contribution >= 0.6 is 11.6 Å². The molecule has 0 N–H and O–H groups in total. The molecular formula is C18H22ClN3O. The predicted octanol–water partition coefficient (Wildman–Crippen LogP) is 4.05. The Morgan fingerprint density at radius 1 is 1.22 bits per heavy atom. The molecule has 2 heterocycles. The van der Waals surface area contributed by atoms with Crippen molar-refractivity contribution in [2.45, 2.75) is 39.2 Å². The second-order valence-electron chi connectivity index (χ2n) is 5.85. The van der Waals surface area contributed by atoms with Crippen LogP contribution in [0.15, 0.2) is 30.3 Å². The average molecular weight is 332 g/mol. The fourth-order valence-electron chi connectivity index (χ4n) is 2.88. The predicted molar refractivity (Wildman–Crippen MR) is 93.5 cm³/mol. The monoisotopic (exact) mass is 331 g/mol. The molecule has 0 bridgehead atoms. The van der Waals surface area contributed by atoms with Gasteiger partial charge in [0, 0.05) is 37.7 Å². The molecule has 1 aromatic heterocycles. The van der Waals surface area contributed by atoms with Gasteiger partial charge in [-0.15, -0.1) is 0 Å². The molecule has 0 aliphatic carbocycles. The highest BCUT2D eigenvalue weighted by Crippen LogP contribution is 2.27. The minimum atomic E-state index is 0.208. The second kappa shape index (κ2) is 7.18. The average Bonchev–Trinajstić information content (AvgIpc) is 2.57. The van der Waals surface area contributed by atoms with Crippen molar-refractivity contribution in [3.05, 3.63) is 46.9 Å². The molecule has 2 aromatic rings. The lowest BCUT2D eigenvalue weighted by molar-refractivity contribution is 0.171. The van der Waals surface area contributed by atoms with E-state index in [-0.39, 0.29) is 6.10 Å². The minimum absolute atomic E-state index is 0.208. The molecular weight excluding hydrogens is 310 g/mol. The third-order valence-electron chi connectivity index (χ3n) is 4.14. The largest absolute Gasteiger partial charge is 0.489 e. The summed E-state index contributed by atoms with van der Waals surface area (Å²) in [5, 5.41) is 0.675. The Kier molecular flexibility index (Phi) is 5.01. The van der Waals surface area contributed by atoms with E-state index in [2.05, 4.69) is 27.9 Å². The number of para-hydroxylation sites is 1. The summed E-state index contributed by atoms with van der Waals surface area (Å²) in [4.78, 5) is 11.4. The maximum absolute atomic E-state index is 6.17. The van der Waals surface area contributed by atoms with Crippen LogP contribution in [-0.2, 0) is 6.42 Å². The molecule has 0 saturated carbocycles. The van der Waals surface area contributed by atoms with E-state index >= 15 is 0 Å². The van der Waals surface area contributed by atoms with Gasteiger partial charge in [0.05, 0.1) is 5.02 Å². The first-order valence-electron chi connectivity index (χ1n) is 8.16. The normalized spacial score (nSPS) is 15.7. The van der Waals surface area contributed by atoms with Crippen molar-refractivity contribution in [2.24, 2.45) is 0 Å².